The zero-order chi connectivity index (χ0) is 18.5. The van der Waals surface area contributed by atoms with Crippen LogP contribution >= 0.6 is 0 Å². The van der Waals surface area contributed by atoms with Gasteiger partial charge in [-0.15, -0.1) is 0 Å². The van der Waals surface area contributed by atoms with Gasteiger partial charge in [0.25, 0.3) is 0 Å². The largest absolute Gasteiger partial charge is 0.486 e. The van der Waals surface area contributed by atoms with Gasteiger partial charge in [-0.05, 0) is 18.2 Å². The van der Waals surface area contributed by atoms with E-state index in [9.17, 15) is 16.8 Å². The fourth-order valence-corrected chi connectivity index (χ4v) is 5.28. The van der Waals surface area contributed by atoms with Crippen LogP contribution in [0.3, 0.4) is 0 Å². The summed E-state index contributed by atoms with van der Waals surface area (Å²) >= 11 is 0. The van der Waals surface area contributed by atoms with Crippen molar-refractivity contribution in [2.75, 3.05) is 19.5 Å². The molecule has 2 aromatic carbocycles. The molecule has 0 N–H and O–H groups in total. The third kappa shape index (κ3) is 2.63. The van der Waals surface area contributed by atoms with Crippen LogP contribution in [-0.2, 0) is 19.9 Å². The smallest absolute Gasteiger partial charge is 0.236 e. The van der Waals surface area contributed by atoms with E-state index in [-0.39, 0.29) is 9.79 Å². The number of ether oxygens (including phenoxy) is 2. The lowest BCUT2D eigenvalue weighted by Crippen LogP contribution is -2.15. The Morgan fingerprint density at radius 2 is 1.62 bits per heavy atom. The van der Waals surface area contributed by atoms with E-state index < -0.39 is 19.9 Å². The third-order valence-corrected chi connectivity index (χ3v) is 6.91. The van der Waals surface area contributed by atoms with Gasteiger partial charge in [-0.3, -0.25) is 0 Å². The molecule has 0 bridgehead atoms. The molecule has 1 aliphatic rings. The standard InChI is InChI=1S/C17H15NO6S2/c1-25(19,20)18-11-17(13-4-2-3-5-14(13)18)26(21,22)12-6-7-15-16(10-12)24-9-8-23-15/h2-7,10-11H,8-9H2,1H3. The molecule has 1 aliphatic heterocycles. The molecule has 0 saturated carbocycles. The molecule has 0 amide bonds. The molecule has 0 saturated heterocycles. The molecule has 136 valence electrons. The van der Waals surface area contributed by atoms with Gasteiger partial charge in [-0.1, -0.05) is 18.2 Å². The van der Waals surface area contributed by atoms with Crippen molar-refractivity contribution in [3.05, 3.63) is 48.7 Å². The van der Waals surface area contributed by atoms with E-state index in [1.54, 1.807) is 24.3 Å². The topological polar surface area (TPSA) is 91.7 Å². The molecule has 0 spiro atoms. The van der Waals surface area contributed by atoms with Gasteiger partial charge in [0.2, 0.25) is 19.9 Å². The number of nitrogens with zero attached hydrogens (tertiary/aromatic N) is 1. The van der Waals surface area contributed by atoms with Crippen molar-refractivity contribution in [2.45, 2.75) is 9.79 Å². The highest BCUT2D eigenvalue weighted by Gasteiger charge is 2.27. The van der Waals surface area contributed by atoms with Crippen LogP contribution < -0.4 is 9.47 Å². The Bertz CT molecular complexity index is 1230. The summed E-state index contributed by atoms with van der Waals surface area (Å²) in [6.07, 6.45) is 2.17. The Morgan fingerprint density at radius 1 is 0.923 bits per heavy atom. The number of sulfone groups is 1. The number of hydrogen-bond acceptors (Lipinski definition) is 6. The molecule has 0 unspecified atom stereocenters. The van der Waals surface area contributed by atoms with Crippen molar-refractivity contribution in [3.8, 4) is 11.5 Å². The maximum Gasteiger partial charge on any atom is 0.236 e. The van der Waals surface area contributed by atoms with Crippen molar-refractivity contribution in [1.29, 1.82) is 0 Å². The van der Waals surface area contributed by atoms with E-state index in [4.69, 9.17) is 9.47 Å². The summed E-state index contributed by atoms with van der Waals surface area (Å²) in [5.41, 5.74) is 0.311. The molecule has 26 heavy (non-hydrogen) atoms. The Balaban J connectivity index is 1.95. The molecule has 9 heteroatoms. The number of aromatic nitrogens is 1. The molecule has 0 atom stereocenters. The van der Waals surface area contributed by atoms with Crippen molar-refractivity contribution in [2.24, 2.45) is 0 Å². The number of fused-ring (bicyclic) bond motifs is 2. The summed E-state index contributed by atoms with van der Waals surface area (Å²) in [6, 6.07) is 10.8. The van der Waals surface area contributed by atoms with Crippen LogP contribution in [0.4, 0.5) is 0 Å². The molecule has 2 heterocycles. The normalized spacial score (nSPS) is 14.5. The highest BCUT2D eigenvalue weighted by molar-refractivity contribution is 7.92. The van der Waals surface area contributed by atoms with Crippen molar-refractivity contribution < 1.29 is 26.3 Å². The summed E-state index contributed by atoms with van der Waals surface area (Å²) in [5, 5.41) is 0.341. The van der Waals surface area contributed by atoms with Crippen molar-refractivity contribution in [1.82, 2.24) is 3.97 Å². The van der Waals surface area contributed by atoms with Gasteiger partial charge in [0.05, 0.1) is 21.6 Å². The second-order valence-electron chi connectivity index (χ2n) is 5.88. The van der Waals surface area contributed by atoms with Crippen LogP contribution in [0.1, 0.15) is 0 Å². The number of para-hydroxylation sites is 1. The second kappa shape index (κ2) is 5.75. The first-order valence-corrected chi connectivity index (χ1v) is 11.1. The first-order chi connectivity index (χ1) is 12.3. The quantitative estimate of drug-likeness (QED) is 0.676. The van der Waals surface area contributed by atoms with Gasteiger partial charge in [0, 0.05) is 17.6 Å². The zero-order valence-electron chi connectivity index (χ0n) is 13.7. The van der Waals surface area contributed by atoms with Crippen LogP contribution in [0.25, 0.3) is 10.9 Å². The molecule has 3 aromatic rings. The van der Waals surface area contributed by atoms with Crippen LogP contribution in [0, 0.1) is 0 Å². The first kappa shape index (κ1) is 16.9. The van der Waals surface area contributed by atoms with Crippen LogP contribution in [0.15, 0.2) is 58.5 Å². The Kier molecular flexibility index (Phi) is 3.74. The van der Waals surface area contributed by atoms with E-state index in [1.807, 2.05) is 0 Å². The molecule has 0 fully saturated rings. The Hall–Kier alpha value is -2.52. The fraction of sp³-hybridized carbons (Fsp3) is 0.176. The summed E-state index contributed by atoms with van der Waals surface area (Å²) in [5.74, 6) is 0.831. The van der Waals surface area contributed by atoms with Gasteiger partial charge in [-0.2, -0.15) is 0 Å². The number of hydrogen-bond donors (Lipinski definition) is 0. The molecule has 1 aromatic heterocycles. The van der Waals surface area contributed by atoms with Crippen LogP contribution in [0.5, 0.6) is 11.5 Å². The monoisotopic (exact) mass is 393 g/mol. The van der Waals surface area contributed by atoms with Crippen LogP contribution in [0.2, 0.25) is 0 Å². The maximum atomic E-state index is 13.2. The van der Waals surface area contributed by atoms with Crippen molar-refractivity contribution in [3.63, 3.8) is 0 Å². The average Bonchev–Trinajstić information content (AvgIpc) is 3.02. The number of benzene rings is 2. The third-order valence-electron chi connectivity index (χ3n) is 4.11. The zero-order valence-corrected chi connectivity index (χ0v) is 15.4. The fourth-order valence-electron chi connectivity index (χ4n) is 2.93. The van der Waals surface area contributed by atoms with Gasteiger partial charge in [-0.25, -0.2) is 20.8 Å². The lowest BCUT2D eigenvalue weighted by molar-refractivity contribution is 0.171. The van der Waals surface area contributed by atoms with E-state index in [2.05, 4.69) is 0 Å². The lowest BCUT2D eigenvalue weighted by Gasteiger charge is -2.18. The summed E-state index contributed by atoms with van der Waals surface area (Å²) in [4.78, 5) is -0.0617. The predicted molar refractivity (Wildman–Crippen MR) is 95.1 cm³/mol. The van der Waals surface area contributed by atoms with Gasteiger partial charge in [0.15, 0.2) is 11.5 Å². The lowest BCUT2D eigenvalue weighted by atomic mass is 10.2. The highest BCUT2D eigenvalue weighted by atomic mass is 32.2. The molecular formula is C17H15NO6S2. The van der Waals surface area contributed by atoms with Crippen LogP contribution in [-0.4, -0.2) is 40.3 Å². The maximum absolute atomic E-state index is 13.2. The van der Waals surface area contributed by atoms with Gasteiger partial charge in [0.1, 0.15) is 13.2 Å². The van der Waals surface area contributed by atoms with E-state index >= 15 is 0 Å². The molecular weight excluding hydrogens is 378 g/mol. The summed E-state index contributed by atoms with van der Waals surface area (Å²) in [7, 11) is -7.62. The molecule has 0 aliphatic carbocycles. The number of rotatable bonds is 3. The first-order valence-electron chi connectivity index (χ1n) is 7.74. The molecule has 4 rings (SSSR count). The highest BCUT2D eigenvalue weighted by Crippen LogP contribution is 2.36. The second-order valence-corrected chi connectivity index (χ2v) is 9.66. The molecule has 7 nitrogen and oxygen atoms in total. The Morgan fingerprint density at radius 3 is 2.35 bits per heavy atom. The SMILES string of the molecule is CS(=O)(=O)n1cc(S(=O)(=O)c2ccc3c(c2)OCCO3)c2ccccc21. The Labute approximate surface area is 150 Å². The van der Waals surface area contributed by atoms with Crippen molar-refractivity contribution >= 4 is 30.8 Å². The van der Waals surface area contributed by atoms with E-state index in [0.29, 0.717) is 35.6 Å². The molecule has 0 radical (unpaired) electrons. The summed E-state index contributed by atoms with van der Waals surface area (Å²) < 4.78 is 62.3. The van der Waals surface area contributed by atoms with Gasteiger partial charge < -0.3 is 9.47 Å². The minimum atomic E-state index is -3.96. The van der Waals surface area contributed by atoms with Gasteiger partial charge >= 0.3 is 0 Å². The summed E-state index contributed by atoms with van der Waals surface area (Å²) in [6.45, 7) is 0.741. The minimum absolute atomic E-state index is 0.0122. The minimum Gasteiger partial charge on any atom is -0.486 e. The predicted octanol–water partition coefficient (Wildman–Crippen LogP) is 2.05. The van der Waals surface area contributed by atoms with E-state index in [0.717, 1.165) is 16.4 Å². The average molecular weight is 393 g/mol. The van der Waals surface area contributed by atoms with E-state index in [1.165, 1.54) is 18.2 Å².